The van der Waals surface area contributed by atoms with Gasteiger partial charge in [0.15, 0.2) is 0 Å². The van der Waals surface area contributed by atoms with E-state index >= 15 is 0 Å². The van der Waals surface area contributed by atoms with Crippen molar-refractivity contribution in [2.45, 2.75) is 39.0 Å². The number of nitrogens with zero attached hydrogens (tertiary/aromatic N) is 3. The van der Waals surface area contributed by atoms with Gasteiger partial charge in [-0.05, 0) is 19.4 Å². The minimum Gasteiger partial charge on any atom is -0.377 e. The third-order valence-corrected chi connectivity index (χ3v) is 2.93. The Kier molecular flexibility index (Phi) is 5.57. The first-order valence-electron chi connectivity index (χ1n) is 6.67. The molecule has 2 heterocycles. The van der Waals surface area contributed by atoms with Crippen LogP contribution in [0.5, 0.6) is 0 Å². The molecule has 1 fully saturated rings. The van der Waals surface area contributed by atoms with Crippen LogP contribution in [0, 0.1) is 0 Å². The monoisotopic (exact) mass is 254 g/mol. The largest absolute Gasteiger partial charge is 0.377 e. The number of ether oxygens (including phenoxy) is 2. The maximum Gasteiger partial charge on any atom is 0.0964 e. The summed E-state index contributed by atoms with van der Waals surface area (Å²) in [6, 6.07) is 0. The fourth-order valence-corrected chi connectivity index (χ4v) is 1.93. The molecule has 0 saturated carbocycles. The summed E-state index contributed by atoms with van der Waals surface area (Å²) in [6.07, 6.45) is 4.53. The van der Waals surface area contributed by atoms with Crippen LogP contribution in [-0.4, -0.2) is 47.5 Å². The first-order chi connectivity index (χ1) is 8.88. The standard InChI is InChI=1S/C12H22N4O2/c1-2-13-8-11-9-16(15-14-11)5-7-17-10-12-4-3-6-18-12/h9,12-13H,2-8,10H2,1H3. The van der Waals surface area contributed by atoms with Crippen molar-refractivity contribution in [2.24, 2.45) is 0 Å². The summed E-state index contributed by atoms with van der Waals surface area (Å²) in [5.41, 5.74) is 0.968. The lowest BCUT2D eigenvalue weighted by atomic mass is 10.2. The van der Waals surface area contributed by atoms with E-state index in [2.05, 4.69) is 22.6 Å². The zero-order chi connectivity index (χ0) is 12.6. The van der Waals surface area contributed by atoms with Gasteiger partial charge in [-0.1, -0.05) is 12.1 Å². The van der Waals surface area contributed by atoms with E-state index in [0.717, 1.165) is 44.8 Å². The Hall–Kier alpha value is -0.980. The second-order valence-electron chi connectivity index (χ2n) is 4.46. The molecule has 1 N–H and O–H groups in total. The Labute approximate surface area is 108 Å². The van der Waals surface area contributed by atoms with Crippen LogP contribution < -0.4 is 5.32 Å². The highest BCUT2D eigenvalue weighted by Crippen LogP contribution is 2.11. The number of nitrogens with one attached hydrogen (secondary N) is 1. The first-order valence-corrected chi connectivity index (χ1v) is 6.67. The van der Waals surface area contributed by atoms with Crippen molar-refractivity contribution in [2.75, 3.05) is 26.4 Å². The first kappa shape index (κ1) is 13.5. The molecule has 0 aliphatic carbocycles. The van der Waals surface area contributed by atoms with Crippen molar-refractivity contribution in [1.82, 2.24) is 20.3 Å². The fraction of sp³-hybridized carbons (Fsp3) is 0.833. The molecule has 1 aliphatic heterocycles. The molecule has 6 nitrogen and oxygen atoms in total. The van der Waals surface area contributed by atoms with E-state index in [1.807, 2.05) is 10.9 Å². The van der Waals surface area contributed by atoms with Crippen LogP contribution in [0.15, 0.2) is 6.20 Å². The average Bonchev–Trinajstić information content (AvgIpc) is 3.04. The lowest BCUT2D eigenvalue weighted by Crippen LogP contribution is -2.16. The van der Waals surface area contributed by atoms with Crippen LogP contribution in [0.3, 0.4) is 0 Å². The van der Waals surface area contributed by atoms with Gasteiger partial charge in [0, 0.05) is 19.3 Å². The Bertz CT molecular complexity index is 337. The molecule has 1 aromatic rings. The molecule has 18 heavy (non-hydrogen) atoms. The lowest BCUT2D eigenvalue weighted by molar-refractivity contribution is 0.0141. The molecule has 0 spiro atoms. The second kappa shape index (κ2) is 7.45. The molecule has 2 rings (SSSR count). The molecule has 0 bridgehead atoms. The van der Waals surface area contributed by atoms with E-state index in [-0.39, 0.29) is 0 Å². The Morgan fingerprint density at radius 3 is 3.33 bits per heavy atom. The zero-order valence-corrected chi connectivity index (χ0v) is 11.0. The third kappa shape index (κ3) is 4.36. The molecular weight excluding hydrogens is 232 g/mol. The van der Waals surface area contributed by atoms with E-state index in [1.165, 1.54) is 0 Å². The van der Waals surface area contributed by atoms with Gasteiger partial charge in [-0.2, -0.15) is 0 Å². The molecule has 102 valence electrons. The Balaban J connectivity index is 1.59. The molecule has 1 aromatic heterocycles. The third-order valence-electron chi connectivity index (χ3n) is 2.93. The van der Waals surface area contributed by atoms with Gasteiger partial charge in [0.2, 0.25) is 0 Å². The summed E-state index contributed by atoms with van der Waals surface area (Å²) in [4.78, 5) is 0. The highest BCUT2D eigenvalue weighted by atomic mass is 16.5. The van der Waals surface area contributed by atoms with Gasteiger partial charge in [0.05, 0.1) is 31.6 Å². The maximum atomic E-state index is 5.58. The van der Waals surface area contributed by atoms with Crippen LogP contribution in [0.2, 0.25) is 0 Å². The van der Waals surface area contributed by atoms with E-state index in [0.29, 0.717) is 19.3 Å². The quantitative estimate of drug-likeness (QED) is 0.688. The van der Waals surface area contributed by atoms with Gasteiger partial charge in [0.25, 0.3) is 0 Å². The minimum atomic E-state index is 0.296. The summed E-state index contributed by atoms with van der Waals surface area (Å²) >= 11 is 0. The summed E-state index contributed by atoms with van der Waals surface area (Å²) in [5.74, 6) is 0. The summed E-state index contributed by atoms with van der Waals surface area (Å²) in [7, 11) is 0. The van der Waals surface area contributed by atoms with Gasteiger partial charge < -0.3 is 14.8 Å². The van der Waals surface area contributed by atoms with Crippen LogP contribution in [0.1, 0.15) is 25.5 Å². The molecule has 1 atom stereocenters. The number of rotatable bonds is 8. The number of hydrogen-bond acceptors (Lipinski definition) is 5. The van der Waals surface area contributed by atoms with Crippen molar-refractivity contribution in [3.63, 3.8) is 0 Å². The molecular formula is C12H22N4O2. The van der Waals surface area contributed by atoms with Crippen LogP contribution in [0.25, 0.3) is 0 Å². The van der Waals surface area contributed by atoms with Crippen LogP contribution in [-0.2, 0) is 22.6 Å². The van der Waals surface area contributed by atoms with Gasteiger partial charge >= 0.3 is 0 Å². The van der Waals surface area contributed by atoms with E-state index in [9.17, 15) is 0 Å². The normalized spacial score (nSPS) is 19.5. The second-order valence-corrected chi connectivity index (χ2v) is 4.46. The zero-order valence-electron chi connectivity index (χ0n) is 11.0. The van der Waals surface area contributed by atoms with Gasteiger partial charge in [-0.3, -0.25) is 0 Å². The predicted octanol–water partition coefficient (Wildman–Crippen LogP) is 0.583. The van der Waals surface area contributed by atoms with Gasteiger partial charge in [-0.15, -0.1) is 5.10 Å². The summed E-state index contributed by atoms with van der Waals surface area (Å²) < 4.78 is 12.9. The smallest absolute Gasteiger partial charge is 0.0964 e. The van der Waals surface area contributed by atoms with Crippen molar-refractivity contribution in [3.05, 3.63) is 11.9 Å². The van der Waals surface area contributed by atoms with E-state index < -0.39 is 0 Å². The predicted molar refractivity (Wildman–Crippen MR) is 67.2 cm³/mol. The topological polar surface area (TPSA) is 61.2 Å². The average molecular weight is 254 g/mol. The number of aromatic nitrogens is 3. The molecule has 0 amide bonds. The highest BCUT2D eigenvalue weighted by Gasteiger charge is 2.14. The van der Waals surface area contributed by atoms with Crippen LogP contribution in [0.4, 0.5) is 0 Å². The van der Waals surface area contributed by atoms with E-state index in [4.69, 9.17) is 9.47 Å². The molecule has 1 aliphatic rings. The molecule has 6 heteroatoms. The lowest BCUT2D eigenvalue weighted by Gasteiger charge is -2.09. The van der Waals surface area contributed by atoms with Crippen molar-refractivity contribution in [3.8, 4) is 0 Å². The SMILES string of the molecule is CCNCc1cn(CCOCC2CCCO2)nn1. The fourth-order valence-electron chi connectivity index (χ4n) is 1.93. The Morgan fingerprint density at radius 2 is 2.56 bits per heavy atom. The molecule has 1 unspecified atom stereocenters. The summed E-state index contributed by atoms with van der Waals surface area (Å²) in [5, 5.41) is 11.4. The van der Waals surface area contributed by atoms with Gasteiger partial charge in [-0.25, -0.2) is 4.68 Å². The van der Waals surface area contributed by atoms with Crippen molar-refractivity contribution >= 4 is 0 Å². The Morgan fingerprint density at radius 1 is 1.61 bits per heavy atom. The molecule has 1 saturated heterocycles. The molecule has 0 aromatic carbocycles. The van der Waals surface area contributed by atoms with E-state index in [1.54, 1.807) is 0 Å². The maximum absolute atomic E-state index is 5.58. The minimum absolute atomic E-state index is 0.296. The number of hydrogen-bond donors (Lipinski definition) is 1. The molecule has 0 radical (unpaired) electrons. The summed E-state index contributed by atoms with van der Waals surface area (Å²) in [6.45, 7) is 6.76. The van der Waals surface area contributed by atoms with Crippen LogP contribution >= 0.6 is 0 Å². The van der Waals surface area contributed by atoms with Gasteiger partial charge in [0.1, 0.15) is 0 Å². The highest BCUT2D eigenvalue weighted by molar-refractivity contribution is 4.91. The van der Waals surface area contributed by atoms with Crippen molar-refractivity contribution < 1.29 is 9.47 Å². The van der Waals surface area contributed by atoms with Crippen molar-refractivity contribution in [1.29, 1.82) is 0 Å².